The van der Waals surface area contributed by atoms with E-state index in [1.807, 2.05) is 37.4 Å². The van der Waals surface area contributed by atoms with E-state index < -0.39 is 11.4 Å². The maximum absolute atomic E-state index is 14.3. The summed E-state index contributed by atoms with van der Waals surface area (Å²) >= 11 is 0. The van der Waals surface area contributed by atoms with Crippen LogP contribution < -0.4 is 10.1 Å². The highest BCUT2D eigenvalue weighted by Crippen LogP contribution is 2.32. The molecule has 4 aromatic heterocycles. The molecule has 0 saturated heterocycles. The van der Waals surface area contributed by atoms with Crippen LogP contribution in [0.25, 0.3) is 16.6 Å². The molecule has 0 unspecified atom stereocenters. The van der Waals surface area contributed by atoms with Crippen LogP contribution in [0.2, 0.25) is 0 Å². The highest BCUT2D eigenvalue weighted by atomic mass is 19.1. The molecule has 0 aromatic carbocycles. The average molecular weight is 421 g/mol. The summed E-state index contributed by atoms with van der Waals surface area (Å²) < 4.78 is 21.8. The zero-order valence-electron chi connectivity index (χ0n) is 17.8. The average Bonchev–Trinajstić information content (AvgIpc) is 3.11. The number of aromatic nitrogens is 4. The van der Waals surface area contributed by atoms with E-state index in [1.54, 1.807) is 43.7 Å². The lowest BCUT2D eigenvalue weighted by Gasteiger charge is -2.19. The lowest BCUT2D eigenvalue weighted by atomic mass is 10.1. The lowest BCUT2D eigenvalue weighted by Crippen LogP contribution is -2.28. The van der Waals surface area contributed by atoms with Crippen molar-refractivity contribution in [2.24, 2.45) is 0 Å². The van der Waals surface area contributed by atoms with Crippen LogP contribution in [-0.2, 0) is 0 Å². The number of nitrogens with one attached hydrogen (secondary N) is 1. The Labute approximate surface area is 179 Å². The first-order chi connectivity index (χ1) is 14.7. The van der Waals surface area contributed by atoms with Crippen LogP contribution in [0.5, 0.6) is 5.75 Å². The van der Waals surface area contributed by atoms with E-state index in [2.05, 4.69) is 20.4 Å². The van der Waals surface area contributed by atoms with E-state index in [4.69, 9.17) is 4.74 Å². The van der Waals surface area contributed by atoms with Crippen molar-refractivity contribution in [2.45, 2.75) is 33.3 Å². The molecule has 0 aliphatic heterocycles. The quantitative estimate of drug-likeness (QED) is 0.479. The molecular formula is C23H24FN5O2. The fourth-order valence-electron chi connectivity index (χ4n) is 3.11. The Balaban J connectivity index is 1.67. The molecule has 31 heavy (non-hydrogen) atoms. The molecular weight excluding hydrogens is 397 g/mol. The van der Waals surface area contributed by atoms with E-state index in [9.17, 15) is 9.50 Å². The second-order valence-corrected chi connectivity index (χ2v) is 8.15. The Morgan fingerprint density at radius 1 is 1.16 bits per heavy atom. The van der Waals surface area contributed by atoms with Gasteiger partial charge in [-0.2, -0.15) is 5.10 Å². The van der Waals surface area contributed by atoms with Gasteiger partial charge in [-0.1, -0.05) is 0 Å². The first kappa shape index (κ1) is 20.7. The molecule has 0 spiro atoms. The second kappa shape index (κ2) is 7.96. The van der Waals surface area contributed by atoms with Crippen LogP contribution in [-0.4, -0.2) is 36.9 Å². The number of pyridine rings is 3. The fraction of sp³-hybridized carbons (Fsp3) is 0.261. The predicted octanol–water partition coefficient (Wildman–Crippen LogP) is 4.44. The van der Waals surface area contributed by atoms with Gasteiger partial charge in [0.05, 0.1) is 17.3 Å². The third kappa shape index (κ3) is 4.64. The molecule has 4 heterocycles. The molecule has 0 fully saturated rings. The number of anilines is 2. The SMILES string of the molecule is Cc1cc(-c2ccn3nc(Nc4nccc(C)c4F)cc3c2)c(OCC(C)(C)O)cn1. The second-order valence-electron chi connectivity index (χ2n) is 8.15. The number of nitrogens with zero attached hydrogens (tertiary/aromatic N) is 4. The van der Waals surface area contributed by atoms with E-state index in [0.29, 0.717) is 17.1 Å². The van der Waals surface area contributed by atoms with Gasteiger partial charge >= 0.3 is 0 Å². The van der Waals surface area contributed by atoms with Crippen LogP contribution in [0, 0.1) is 19.7 Å². The van der Waals surface area contributed by atoms with Gasteiger partial charge in [-0.15, -0.1) is 0 Å². The number of rotatable bonds is 6. The van der Waals surface area contributed by atoms with Gasteiger partial charge in [-0.25, -0.2) is 13.9 Å². The summed E-state index contributed by atoms with van der Waals surface area (Å²) in [7, 11) is 0. The molecule has 4 rings (SSSR count). The number of hydrogen-bond donors (Lipinski definition) is 2. The molecule has 0 saturated carbocycles. The van der Waals surface area contributed by atoms with Crippen molar-refractivity contribution in [3.63, 3.8) is 0 Å². The third-order valence-electron chi connectivity index (χ3n) is 4.69. The van der Waals surface area contributed by atoms with Gasteiger partial charge in [0.15, 0.2) is 17.5 Å². The van der Waals surface area contributed by atoms with Crippen molar-refractivity contribution in [3.8, 4) is 16.9 Å². The highest BCUT2D eigenvalue weighted by Gasteiger charge is 2.16. The van der Waals surface area contributed by atoms with Crippen LogP contribution in [0.15, 0.2) is 48.9 Å². The summed E-state index contributed by atoms with van der Waals surface area (Å²) in [4.78, 5) is 8.37. The van der Waals surface area contributed by atoms with E-state index in [-0.39, 0.29) is 12.4 Å². The summed E-state index contributed by atoms with van der Waals surface area (Å²) in [5.74, 6) is 0.802. The molecule has 0 aliphatic carbocycles. The van der Waals surface area contributed by atoms with Gasteiger partial charge < -0.3 is 15.2 Å². The van der Waals surface area contributed by atoms with Crippen molar-refractivity contribution in [1.82, 2.24) is 19.6 Å². The minimum Gasteiger partial charge on any atom is -0.488 e. The third-order valence-corrected chi connectivity index (χ3v) is 4.69. The first-order valence-corrected chi connectivity index (χ1v) is 9.89. The molecule has 8 heteroatoms. The van der Waals surface area contributed by atoms with E-state index >= 15 is 0 Å². The van der Waals surface area contributed by atoms with Gasteiger partial charge in [-0.3, -0.25) is 4.98 Å². The van der Waals surface area contributed by atoms with Crippen molar-refractivity contribution in [2.75, 3.05) is 11.9 Å². The Kier molecular flexibility index (Phi) is 5.32. The molecule has 160 valence electrons. The number of aryl methyl sites for hydroxylation is 2. The van der Waals surface area contributed by atoms with E-state index in [1.165, 1.54) is 0 Å². The van der Waals surface area contributed by atoms with Gasteiger partial charge in [0, 0.05) is 29.7 Å². The zero-order valence-corrected chi connectivity index (χ0v) is 17.8. The first-order valence-electron chi connectivity index (χ1n) is 9.89. The smallest absolute Gasteiger partial charge is 0.168 e. The minimum atomic E-state index is -0.961. The largest absolute Gasteiger partial charge is 0.488 e. The van der Waals surface area contributed by atoms with Crippen molar-refractivity contribution < 1.29 is 14.2 Å². The summed E-state index contributed by atoms with van der Waals surface area (Å²) in [6.07, 6.45) is 5.04. The van der Waals surface area contributed by atoms with Gasteiger partial charge in [0.2, 0.25) is 0 Å². The molecule has 7 nitrogen and oxygen atoms in total. The topological polar surface area (TPSA) is 84.6 Å². The number of hydrogen-bond acceptors (Lipinski definition) is 6. The van der Waals surface area contributed by atoms with Crippen molar-refractivity contribution in [1.29, 1.82) is 0 Å². The number of halogens is 1. The monoisotopic (exact) mass is 421 g/mol. The minimum absolute atomic E-state index is 0.135. The van der Waals surface area contributed by atoms with Crippen molar-refractivity contribution >= 4 is 17.2 Å². The van der Waals surface area contributed by atoms with Gasteiger partial charge in [0.25, 0.3) is 0 Å². The highest BCUT2D eigenvalue weighted by molar-refractivity contribution is 5.75. The number of ether oxygens (including phenoxy) is 1. The molecule has 0 radical (unpaired) electrons. The van der Waals surface area contributed by atoms with E-state index in [0.717, 1.165) is 22.3 Å². The number of fused-ring (bicyclic) bond motifs is 1. The normalized spacial score (nSPS) is 11.7. The van der Waals surface area contributed by atoms with Crippen LogP contribution in [0.4, 0.5) is 16.0 Å². The van der Waals surface area contributed by atoms with Crippen LogP contribution >= 0.6 is 0 Å². The summed E-state index contributed by atoms with van der Waals surface area (Å²) in [5, 5.41) is 17.4. The fourth-order valence-corrected chi connectivity index (χ4v) is 3.11. The standard InChI is InChI=1S/C23H24FN5O2/c1-14-5-7-25-22(21(14)24)27-20-11-17-10-16(6-8-29(17)28-20)18-9-15(2)26-12-19(18)31-13-23(3,4)30/h5-12,30H,13H2,1-4H3,(H,25,27,28). The molecule has 0 aliphatic rings. The predicted molar refractivity (Wildman–Crippen MR) is 117 cm³/mol. The van der Waals surface area contributed by atoms with Crippen molar-refractivity contribution in [3.05, 3.63) is 66.0 Å². The molecule has 2 N–H and O–H groups in total. The Morgan fingerprint density at radius 3 is 2.74 bits per heavy atom. The van der Waals surface area contributed by atoms with Crippen LogP contribution in [0.1, 0.15) is 25.1 Å². The lowest BCUT2D eigenvalue weighted by molar-refractivity contribution is 0.0286. The van der Waals surface area contributed by atoms with Crippen LogP contribution in [0.3, 0.4) is 0 Å². The zero-order chi connectivity index (χ0) is 22.2. The van der Waals surface area contributed by atoms with Gasteiger partial charge in [-0.05, 0) is 63.1 Å². The Hall–Kier alpha value is -3.52. The molecule has 0 atom stereocenters. The maximum Gasteiger partial charge on any atom is 0.168 e. The molecule has 0 bridgehead atoms. The molecule has 0 amide bonds. The summed E-state index contributed by atoms with van der Waals surface area (Å²) in [6.45, 7) is 7.11. The Morgan fingerprint density at radius 2 is 1.97 bits per heavy atom. The Bertz CT molecular complexity index is 1250. The summed E-state index contributed by atoms with van der Waals surface area (Å²) in [5.41, 5.74) is 2.99. The van der Waals surface area contributed by atoms with Gasteiger partial charge in [0.1, 0.15) is 12.4 Å². The molecule has 4 aromatic rings. The maximum atomic E-state index is 14.3. The number of aliphatic hydroxyl groups is 1. The summed E-state index contributed by atoms with van der Waals surface area (Å²) in [6, 6.07) is 9.25.